The summed E-state index contributed by atoms with van der Waals surface area (Å²) in [6.45, 7) is 4.09. The molecule has 4 heteroatoms. The SMILES string of the molecule is CCC(CCCC(=O)O)CC(CC)CC(=O)O. The predicted molar refractivity (Wildman–Crippen MR) is 65.9 cm³/mol. The molecule has 4 nitrogen and oxygen atoms in total. The van der Waals surface area contributed by atoms with Gasteiger partial charge in [-0.2, -0.15) is 0 Å². The third-order valence-corrected chi connectivity index (χ3v) is 3.29. The third kappa shape index (κ3) is 8.72. The molecule has 0 rings (SSSR count). The van der Waals surface area contributed by atoms with Crippen LogP contribution in [0.15, 0.2) is 0 Å². The molecule has 2 atom stereocenters. The Bertz CT molecular complexity index is 238. The largest absolute Gasteiger partial charge is 0.481 e. The molecule has 0 bridgehead atoms. The number of carbonyl (C=O) groups is 2. The number of aliphatic carboxylic acids is 2. The highest BCUT2D eigenvalue weighted by Gasteiger charge is 2.16. The van der Waals surface area contributed by atoms with Gasteiger partial charge in [0, 0.05) is 12.8 Å². The molecule has 0 saturated heterocycles. The Morgan fingerprint density at radius 1 is 1.00 bits per heavy atom. The van der Waals surface area contributed by atoms with Crippen LogP contribution in [-0.4, -0.2) is 22.2 Å². The van der Waals surface area contributed by atoms with Crippen LogP contribution in [0.1, 0.15) is 58.8 Å². The van der Waals surface area contributed by atoms with Gasteiger partial charge >= 0.3 is 11.9 Å². The van der Waals surface area contributed by atoms with Gasteiger partial charge in [0.2, 0.25) is 0 Å². The zero-order valence-electron chi connectivity index (χ0n) is 10.8. The van der Waals surface area contributed by atoms with Crippen LogP contribution in [0.2, 0.25) is 0 Å². The molecule has 0 aliphatic rings. The van der Waals surface area contributed by atoms with Gasteiger partial charge in [0.25, 0.3) is 0 Å². The highest BCUT2D eigenvalue weighted by atomic mass is 16.4. The summed E-state index contributed by atoms with van der Waals surface area (Å²) >= 11 is 0. The second-order valence-electron chi connectivity index (χ2n) is 4.67. The lowest BCUT2D eigenvalue weighted by molar-refractivity contribution is -0.138. The van der Waals surface area contributed by atoms with Crippen molar-refractivity contribution in [2.24, 2.45) is 11.8 Å². The molecular weight excluding hydrogens is 220 g/mol. The lowest BCUT2D eigenvalue weighted by Crippen LogP contribution is -2.12. The van der Waals surface area contributed by atoms with E-state index in [1.165, 1.54) is 0 Å². The maximum absolute atomic E-state index is 10.7. The van der Waals surface area contributed by atoms with Crippen LogP contribution >= 0.6 is 0 Å². The minimum absolute atomic E-state index is 0.215. The van der Waals surface area contributed by atoms with Gasteiger partial charge in [-0.15, -0.1) is 0 Å². The zero-order chi connectivity index (χ0) is 13.3. The summed E-state index contributed by atoms with van der Waals surface area (Å²) in [4.78, 5) is 21.1. The first-order chi connectivity index (χ1) is 7.99. The molecular formula is C13H24O4. The second-order valence-corrected chi connectivity index (χ2v) is 4.67. The molecule has 0 amide bonds. The molecule has 0 saturated carbocycles. The fourth-order valence-electron chi connectivity index (χ4n) is 2.14. The third-order valence-electron chi connectivity index (χ3n) is 3.29. The molecule has 0 radical (unpaired) electrons. The summed E-state index contributed by atoms with van der Waals surface area (Å²) in [5.74, 6) is -0.810. The summed E-state index contributed by atoms with van der Waals surface area (Å²) in [5, 5.41) is 17.3. The van der Waals surface area contributed by atoms with Crippen molar-refractivity contribution in [3.8, 4) is 0 Å². The van der Waals surface area contributed by atoms with Gasteiger partial charge in [0.05, 0.1) is 0 Å². The first kappa shape index (κ1) is 15.9. The Labute approximate surface area is 103 Å². The average molecular weight is 244 g/mol. The Hall–Kier alpha value is -1.06. The fraction of sp³-hybridized carbons (Fsp3) is 0.846. The normalized spacial score (nSPS) is 14.2. The van der Waals surface area contributed by atoms with Crippen molar-refractivity contribution >= 4 is 11.9 Å². The summed E-state index contributed by atoms with van der Waals surface area (Å²) in [6.07, 6.45) is 4.80. The molecule has 0 aromatic heterocycles. The van der Waals surface area contributed by atoms with E-state index in [4.69, 9.17) is 10.2 Å². The van der Waals surface area contributed by atoms with Crippen molar-refractivity contribution < 1.29 is 19.8 Å². The van der Waals surface area contributed by atoms with E-state index < -0.39 is 11.9 Å². The number of hydrogen-bond acceptors (Lipinski definition) is 2. The van der Waals surface area contributed by atoms with Gasteiger partial charge in [-0.25, -0.2) is 0 Å². The topological polar surface area (TPSA) is 74.6 Å². The van der Waals surface area contributed by atoms with Crippen molar-refractivity contribution in [1.29, 1.82) is 0 Å². The molecule has 0 fully saturated rings. The minimum atomic E-state index is -0.752. The van der Waals surface area contributed by atoms with Crippen LogP contribution < -0.4 is 0 Å². The van der Waals surface area contributed by atoms with E-state index >= 15 is 0 Å². The predicted octanol–water partition coefficient (Wildman–Crippen LogP) is 3.16. The lowest BCUT2D eigenvalue weighted by Gasteiger charge is -2.20. The highest BCUT2D eigenvalue weighted by molar-refractivity contribution is 5.67. The summed E-state index contributed by atoms with van der Waals surface area (Å²) < 4.78 is 0. The highest BCUT2D eigenvalue weighted by Crippen LogP contribution is 2.25. The Kier molecular flexibility index (Phi) is 8.46. The second kappa shape index (κ2) is 9.02. The van der Waals surface area contributed by atoms with Crippen LogP contribution in [0, 0.1) is 11.8 Å². The Morgan fingerprint density at radius 2 is 1.59 bits per heavy atom. The number of carboxylic acids is 2. The summed E-state index contributed by atoms with van der Waals surface area (Å²) in [7, 11) is 0. The van der Waals surface area contributed by atoms with E-state index in [-0.39, 0.29) is 18.8 Å². The monoisotopic (exact) mass is 244 g/mol. The van der Waals surface area contributed by atoms with Gasteiger partial charge in [0.1, 0.15) is 0 Å². The fourth-order valence-corrected chi connectivity index (χ4v) is 2.14. The molecule has 0 aromatic carbocycles. The number of hydrogen-bond donors (Lipinski definition) is 2. The van der Waals surface area contributed by atoms with Crippen molar-refractivity contribution in [3.05, 3.63) is 0 Å². The molecule has 0 spiro atoms. The standard InChI is InChI=1S/C13H24O4/c1-3-10(6-5-7-12(14)15)8-11(4-2)9-13(16)17/h10-11H,3-9H2,1-2H3,(H,14,15)(H,16,17). The summed E-state index contributed by atoms with van der Waals surface area (Å²) in [5.41, 5.74) is 0. The van der Waals surface area contributed by atoms with Gasteiger partial charge < -0.3 is 10.2 Å². The quantitative estimate of drug-likeness (QED) is 0.619. The molecule has 100 valence electrons. The van der Waals surface area contributed by atoms with Gasteiger partial charge in [-0.1, -0.05) is 26.7 Å². The zero-order valence-corrected chi connectivity index (χ0v) is 10.8. The van der Waals surface area contributed by atoms with Crippen LogP contribution in [0.25, 0.3) is 0 Å². The average Bonchev–Trinajstić information content (AvgIpc) is 2.25. The number of carboxylic acid groups (broad SMARTS) is 2. The molecule has 0 aromatic rings. The van der Waals surface area contributed by atoms with E-state index in [2.05, 4.69) is 6.92 Å². The van der Waals surface area contributed by atoms with Crippen LogP contribution in [0.3, 0.4) is 0 Å². The van der Waals surface area contributed by atoms with Gasteiger partial charge in [0.15, 0.2) is 0 Å². The molecule has 17 heavy (non-hydrogen) atoms. The maximum Gasteiger partial charge on any atom is 0.303 e. The van der Waals surface area contributed by atoms with E-state index in [1.54, 1.807) is 0 Å². The van der Waals surface area contributed by atoms with Gasteiger partial charge in [-0.3, -0.25) is 9.59 Å². The van der Waals surface area contributed by atoms with Crippen LogP contribution in [0.5, 0.6) is 0 Å². The first-order valence-corrected chi connectivity index (χ1v) is 6.43. The van der Waals surface area contributed by atoms with E-state index in [0.717, 1.165) is 25.7 Å². The molecule has 2 N–H and O–H groups in total. The molecule has 0 aliphatic heterocycles. The van der Waals surface area contributed by atoms with Crippen LogP contribution in [-0.2, 0) is 9.59 Å². The van der Waals surface area contributed by atoms with Crippen molar-refractivity contribution in [2.45, 2.75) is 58.8 Å². The molecule has 0 aliphatic carbocycles. The van der Waals surface area contributed by atoms with E-state index in [0.29, 0.717) is 12.3 Å². The Morgan fingerprint density at radius 3 is 2.00 bits per heavy atom. The first-order valence-electron chi connectivity index (χ1n) is 6.43. The van der Waals surface area contributed by atoms with E-state index in [1.807, 2.05) is 6.92 Å². The smallest absolute Gasteiger partial charge is 0.303 e. The van der Waals surface area contributed by atoms with Gasteiger partial charge in [-0.05, 0) is 31.1 Å². The molecule has 2 unspecified atom stereocenters. The Balaban J connectivity index is 3.99. The van der Waals surface area contributed by atoms with E-state index in [9.17, 15) is 9.59 Å². The van der Waals surface area contributed by atoms with Crippen molar-refractivity contribution in [1.82, 2.24) is 0 Å². The maximum atomic E-state index is 10.7. The number of rotatable bonds is 10. The lowest BCUT2D eigenvalue weighted by atomic mass is 9.86. The summed E-state index contributed by atoms with van der Waals surface area (Å²) in [6, 6.07) is 0. The molecule has 0 heterocycles. The van der Waals surface area contributed by atoms with Crippen LogP contribution in [0.4, 0.5) is 0 Å². The van der Waals surface area contributed by atoms with Crippen molar-refractivity contribution in [3.63, 3.8) is 0 Å². The minimum Gasteiger partial charge on any atom is -0.481 e. The van der Waals surface area contributed by atoms with Crippen molar-refractivity contribution in [2.75, 3.05) is 0 Å².